The van der Waals surface area contributed by atoms with Crippen molar-refractivity contribution >= 4 is 5.96 Å². The molecule has 0 radical (unpaired) electrons. The van der Waals surface area contributed by atoms with E-state index in [2.05, 4.69) is 78.0 Å². The van der Waals surface area contributed by atoms with Gasteiger partial charge in [-0.25, -0.2) is 0 Å². The summed E-state index contributed by atoms with van der Waals surface area (Å²) < 4.78 is 5.69. The summed E-state index contributed by atoms with van der Waals surface area (Å²) in [6, 6.07) is 18.9. The minimum atomic E-state index is 0.190. The Hall–Kier alpha value is -2.33. The van der Waals surface area contributed by atoms with Crippen molar-refractivity contribution in [2.45, 2.75) is 39.5 Å². The van der Waals surface area contributed by atoms with E-state index < -0.39 is 0 Å². The molecule has 2 N–H and O–H groups in total. The van der Waals surface area contributed by atoms with Crippen LogP contribution in [0.25, 0.3) is 0 Å². The fourth-order valence-corrected chi connectivity index (χ4v) is 2.60. The summed E-state index contributed by atoms with van der Waals surface area (Å²) in [6.07, 6.45) is 1.04. The van der Waals surface area contributed by atoms with Gasteiger partial charge in [-0.05, 0) is 30.0 Å². The zero-order valence-electron chi connectivity index (χ0n) is 15.5. The van der Waals surface area contributed by atoms with Gasteiger partial charge in [0, 0.05) is 20.2 Å². The van der Waals surface area contributed by atoms with E-state index in [-0.39, 0.29) is 6.04 Å². The number of hydrogen-bond donors (Lipinski definition) is 2. The molecule has 0 saturated carbocycles. The topological polar surface area (TPSA) is 45.6 Å². The average molecular weight is 339 g/mol. The highest BCUT2D eigenvalue weighted by atomic mass is 16.5. The van der Waals surface area contributed by atoms with Crippen LogP contribution in [0, 0.1) is 0 Å². The molecule has 0 saturated heterocycles. The Morgan fingerprint density at radius 1 is 1.04 bits per heavy atom. The van der Waals surface area contributed by atoms with Crippen molar-refractivity contribution in [2.24, 2.45) is 4.99 Å². The van der Waals surface area contributed by atoms with Crippen molar-refractivity contribution < 1.29 is 4.74 Å². The summed E-state index contributed by atoms with van der Waals surface area (Å²) in [4.78, 5) is 4.34. The molecule has 1 unspecified atom stereocenters. The van der Waals surface area contributed by atoms with Crippen molar-refractivity contribution in [1.29, 1.82) is 0 Å². The number of guanidine groups is 1. The second kappa shape index (κ2) is 10.5. The van der Waals surface area contributed by atoms with E-state index in [9.17, 15) is 0 Å². The van der Waals surface area contributed by atoms with Crippen LogP contribution in [-0.4, -0.2) is 19.6 Å². The summed E-state index contributed by atoms with van der Waals surface area (Å²) in [6.45, 7) is 6.41. The van der Waals surface area contributed by atoms with Crippen LogP contribution in [0.5, 0.6) is 0 Å². The van der Waals surface area contributed by atoms with Crippen LogP contribution in [0.15, 0.2) is 59.6 Å². The summed E-state index contributed by atoms with van der Waals surface area (Å²) in [7, 11) is 1.79. The molecule has 25 heavy (non-hydrogen) atoms. The quantitative estimate of drug-likeness (QED) is 0.433. The van der Waals surface area contributed by atoms with Crippen LogP contribution in [0.2, 0.25) is 0 Å². The first-order valence-corrected chi connectivity index (χ1v) is 8.91. The summed E-state index contributed by atoms with van der Waals surface area (Å²) in [5, 5.41) is 6.83. The van der Waals surface area contributed by atoms with E-state index in [4.69, 9.17) is 4.74 Å². The van der Waals surface area contributed by atoms with Crippen LogP contribution in [0.4, 0.5) is 0 Å². The normalized spacial score (nSPS) is 12.7. The minimum absolute atomic E-state index is 0.190. The van der Waals surface area contributed by atoms with Gasteiger partial charge in [0.05, 0.1) is 12.6 Å². The van der Waals surface area contributed by atoms with E-state index in [0.29, 0.717) is 13.2 Å². The molecule has 134 valence electrons. The molecule has 2 aromatic carbocycles. The van der Waals surface area contributed by atoms with E-state index in [1.165, 1.54) is 16.7 Å². The Balaban J connectivity index is 1.92. The van der Waals surface area contributed by atoms with Crippen LogP contribution in [0.1, 0.15) is 43.0 Å². The predicted octanol–water partition coefficient (Wildman–Crippen LogP) is 4.04. The molecule has 0 aliphatic carbocycles. The van der Waals surface area contributed by atoms with Crippen molar-refractivity contribution in [1.82, 2.24) is 10.6 Å². The molecule has 0 amide bonds. The van der Waals surface area contributed by atoms with Gasteiger partial charge in [-0.1, -0.05) is 61.5 Å². The molecule has 2 rings (SSSR count). The lowest BCUT2D eigenvalue weighted by Gasteiger charge is -2.19. The van der Waals surface area contributed by atoms with Gasteiger partial charge >= 0.3 is 0 Å². The molecule has 0 heterocycles. The molecule has 0 spiro atoms. The maximum Gasteiger partial charge on any atom is 0.191 e. The molecule has 0 bridgehead atoms. The van der Waals surface area contributed by atoms with Crippen LogP contribution < -0.4 is 10.6 Å². The van der Waals surface area contributed by atoms with E-state index in [1.54, 1.807) is 7.05 Å². The number of nitrogens with zero attached hydrogens (tertiary/aromatic N) is 1. The summed E-state index contributed by atoms with van der Waals surface area (Å²) in [5.74, 6) is 0.792. The first-order chi connectivity index (χ1) is 12.2. The first kappa shape index (κ1) is 19.0. The lowest BCUT2D eigenvalue weighted by Crippen LogP contribution is -2.38. The first-order valence-electron chi connectivity index (χ1n) is 8.91. The van der Waals surface area contributed by atoms with Gasteiger partial charge in [0.1, 0.15) is 0 Å². The molecule has 0 aliphatic heterocycles. The molecule has 0 fully saturated rings. The van der Waals surface area contributed by atoms with Gasteiger partial charge in [0.25, 0.3) is 0 Å². The zero-order chi connectivity index (χ0) is 17.9. The number of nitrogens with one attached hydrogen (secondary N) is 2. The second-order valence-electron chi connectivity index (χ2n) is 6.02. The highest BCUT2D eigenvalue weighted by Gasteiger charge is 2.08. The maximum atomic E-state index is 5.69. The van der Waals surface area contributed by atoms with Crippen molar-refractivity contribution in [3.8, 4) is 0 Å². The Kier molecular flexibility index (Phi) is 7.99. The Morgan fingerprint density at radius 2 is 1.72 bits per heavy atom. The Labute approximate surface area is 151 Å². The van der Waals surface area contributed by atoms with Gasteiger partial charge in [0.2, 0.25) is 0 Å². The number of hydrogen-bond acceptors (Lipinski definition) is 2. The highest BCUT2D eigenvalue weighted by molar-refractivity contribution is 5.80. The van der Waals surface area contributed by atoms with Gasteiger partial charge < -0.3 is 15.4 Å². The zero-order valence-corrected chi connectivity index (χ0v) is 15.5. The molecule has 0 aliphatic rings. The molecule has 4 nitrogen and oxygen atoms in total. The SMILES string of the molecule is CCCOCc1ccccc1CNC(=NC)NC(C)c1ccccc1. The average Bonchev–Trinajstić information content (AvgIpc) is 2.66. The Bertz CT molecular complexity index is 655. The Morgan fingerprint density at radius 3 is 2.40 bits per heavy atom. The van der Waals surface area contributed by atoms with E-state index >= 15 is 0 Å². The summed E-state index contributed by atoms with van der Waals surface area (Å²) >= 11 is 0. The smallest absolute Gasteiger partial charge is 0.191 e. The van der Waals surface area contributed by atoms with E-state index in [0.717, 1.165) is 19.0 Å². The number of rotatable bonds is 8. The lowest BCUT2D eigenvalue weighted by molar-refractivity contribution is 0.121. The minimum Gasteiger partial charge on any atom is -0.377 e. The van der Waals surface area contributed by atoms with Crippen molar-refractivity contribution in [3.63, 3.8) is 0 Å². The third-order valence-electron chi connectivity index (χ3n) is 4.05. The highest BCUT2D eigenvalue weighted by Crippen LogP contribution is 2.12. The van der Waals surface area contributed by atoms with Gasteiger partial charge in [-0.3, -0.25) is 4.99 Å². The molecule has 4 heteroatoms. The number of benzene rings is 2. The second-order valence-corrected chi connectivity index (χ2v) is 6.02. The van der Waals surface area contributed by atoms with Crippen molar-refractivity contribution in [3.05, 3.63) is 71.3 Å². The standard InChI is InChI=1S/C21H29N3O/c1-4-14-25-16-20-13-9-8-12-19(20)15-23-21(22-3)24-17(2)18-10-6-5-7-11-18/h5-13,17H,4,14-16H2,1-3H3,(H2,22,23,24). The molecular formula is C21H29N3O. The van der Waals surface area contributed by atoms with E-state index in [1.807, 2.05) is 6.07 Å². The molecule has 2 aromatic rings. The molecule has 0 aromatic heterocycles. The van der Waals surface area contributed by atoms with Gasteiger partial charge in [0.15, 0.2) is 5.96 Å². The van der Waals surface area contributed by atoms with Gasteiger partial charge in [-0.15, -0.1) is 0 Å². The summed E-state index contributed by atoms with van der Waals surface area (Å²) in [5.41, 5.74) is 3.68. The fraction of sp³-hybridized carbons (Fsp3) is 0.381. The largest absolute Gasteiger partial charge is 0.377 e. The third kappa shape index (κ3) is 6.24. The molecule has 1 atom stereocenters. The maximum absolute atomic E-state index is 5.69. The third-order valence-corrected chi connectivity index (χ3v) is 4.05. The van der Waals surface area contributed by atoms with Crippen LogP contribution in [0.3, 0.4) is 0 Å². The van der Waals surface area contributed by atoms with Crippen molar-refractivity contribution in [2.75, 3.05) is 13.7 Å². The molecular weight excluding hydrogens is 310 g/mol. The lowest BCUT2D eigenvalue weighted by atomic mass is 10.1. The van der Waals surface area contributed by atoms with Crippen LogP contribution >= 0.6 is 0 Å². The van der Waals surface area contributed by atoms with Crippen LogP contribution in [-0.2, 0) is 17.9 Å². The predicted molar refractivity (Wildman–Crippen MR) is 105 cm³/mol. The fourth-order valence-electron chi connectivity index (χ4n) is 2.60. The monoisotopic (exact) mass is 339 g/mol. The number of aliphatic imine (C=N–C) groups is 1. The number of ether oxygens (including phenoxy) is 1. The van der Waals surface area contributed by atoms with Gasteiger partial charge in [-0.2, -0.15) is 0 Å².